The van der Waals surface area contributed by atoms with Crippen LogP contribution in [0.5, 0.6) is 11.5 Å². The fraction of sp³-hybridized carbons (Fsp3) is 0.512. The van der Waals surface area contributed by atoms with Crippen molar-refractivity contribution >= 4 is 46.0 Å². The Kier molecular flexibility index (Phi) is 11.7. The number of carbonyl (C=O) groups excluding carboxylic acids is 2. The number of imidazole rings is 2. The fourth-order valence-corrected chi connectivity index (χ4v) is 10.4. The van der Waals surface area contributed by atoms with Crippen molar-refractivity contribution < 1.29 is 19.8 Å². The number of carbonyl (C=O) groups is 2. The highest BCUT2D eigenvalue weighted by Gasteiger charge is 2.25. The second-order valence-corrected chi connectivity index (χ2v) is 18.5. The average molecular weight is 843 g/mol. The lowest BCUT2D eigenvalue weighted by Gasteiger charge is -2.26. The molecule has 8 heterocycles. The van der Waals surface area contributed by atoms with E-state index in [0.717, 1.165) is 93.7 Å². The van der Waals surface area contributed by atoms with Gasteiger partial charge in [-0.1, -0.05) is 20.8 Å². The summed E-state index contributed by atoms with van der Waals surface area (Å²) in [5.41, 5.74) is -0.990. The molecule has 0 aliphatic carbocycles. The Balaban J connectivity index is 0.898. The van der Waals surface area contributed by atoms with Crippen LogP contribution >= 0.6 is 22.7 Å². The number of fused-ring (bicyclic) bond motifs is 2. The van der Waals surface area contributed by atoms with E-state index in [1.165, 1.54) is 43.9 Å². The lowest BCUT2D eigenvalue weighted by atomic mass is 9.84. The minimum Gasteiger partial charge on any atom is -0.501 e. The summed E-state index contributed by atoms with van der Waals surface area (Å²) >= 11 is 2.80. The van der Waals surface area contributed by atoms with Crippen LogP contribution in [0.3, 0.4) is 0 Å². The molecule has 2 fully saturated rings. The summed E-state index contributed by atoms with van der Waals surface area (Å²) in [4.78, 5) is 76.4. The molecule has 6 aromatic heterocycles. The number of thiazole rings is 2. The Labute approximate surface area is 348 Å². The summed E-state index contributed by atoms with van der Waals surface area (Å²) in [5.74, 6) is 0.533. The first-order chi connectivity index (χ1) is 28.4. The van der Waals surface area contributed by atoms with Crippen LogP contribution in [0.2, 0.25) is 0 Å². The lowest BCUT2D eigenvalue weighted by molar-refractivity contribution is -0.133. The molecule has 3 atom stereocenters. The third-order valence-corrected chi connectivity index (χ3v) is 13.9. The molecule has 0 bridgehead atoms. The first kappa shape index (κ1) is 40.4. The van der Waals surface area contributed by atoms with Gasteiger partial charge in [0.15, 0.2) is 11.4 Å². The number of likely N-dealkylation sites (tertiary alicyclic amines) is 2. The standard InChI is InChI=1S/C41H50N10O6S2/c1-25(19-28-21-42-36(58-28)32-34(54)38(56)50-16-14-48(40(50)44-32)23-30(52)46-10-6-4-7-11-46)18-26(2)27(3)20-29-22-43-37(59-29)33-35(55)39(57)51-17-15-49(41(51)45-33)24-31(53)47-12-8-5-9-13-47/h14-17,21-22,25-27,54-55H,4-13,18-20,23-24H2,1-3H3. The van der Waals surface area contributed by atoms with Crippen molar-refractivity contribution in [2.45, 2.75) is 91.6 Å². The molecule has 6 aromatic rings. The molecule has 16 nitrogen and oxygen atoms in total. The van der Waals surface area contributed by atoms with Gasteiger partial charge >= 0.3 is 11.1 Å². The van der Waals surface area contributed by atoms with Gasteiger partial charge in [0, 0.05) is 73.1 Å². The van der Waals surface area contributed by atoms with E-state index in [0.29, 0.717) is 27.8 Å². The molecule has 0 aromatic carbocycles. The summed E-state index contributed by atoms with van der Waals surface area (Å²) in [7, 11) is 0. The van der Waals surface area contributed by atoms with Gasteiger partial charge in [-0.3, -0.25) is 19.2 Å². The summed E-state index contributed by atoms with van der Waals surface area (Å²) in [6, 6.07) is 0. The van der Waals surface area contributed by atoms with Gasteiger partial charge in [0.2, 0.25) is 34.9 Å². The Morgan fingerprint density at radius 2 is 1.08 bits per heavy atom. The first-order valence-electron chi connectivity index (χ1n) is 20.5. The topological polar surface area (TPSA) is 185 Å². The zero-order chi connectivity index (χ0) is 41.4. The molecule has 0 spiro atoms. The molecular weight excluding hydrogens is 793 g/mol. The molecular formula is C41H50N10O6S2. The van der Waals surface area contributed by atoms with Crippen molar-refractivity contribution in [3.05, 3.63) is 67.6 Å². The molecule has 3 unspecified atom stereocenters. The van der Waals surface area contributed by atoms with Gasteiger partial charge in [-0.25, -0.2) is 28.7 Å². The molecule has 18 heteroatoms. The van der Waals surface area contributed by atoms with Crippen molar-refractivity contribution in [3.63, 3.8) is 0 Å². The second-order valence-electron chi connectivity index (χ2n) is 16.3. The molecule has 2 amide bonds. The summed E-state index contributed by atoms with van der Waals surface area (Å²) in [6.45, 7) is 9.69. The maximum atomic E-state index is 13.2. The fourth-order valence-electron chi connectivity index (χ4n) is 8.29. The van der Waals surface area contributed by atoms with Crippen molar-refractivity contribution in [1.82, 2.24) is 47.7 Å². The predicted molar refractivity (Wildman–Crippen MR) is 225 cm³/mol. The monoisotopic (exact) mass is 842 g/mol. The van der Waals surface area contributed by atoms with E-state index in [4.69, 9.17) is 0 Å². The van der Waals surface area contributed by atoms with Gasteiger partial charge in [-0.2, -0.15) is 0 Å². The van der Waals surface area contributed by atoms with E-state index >= 15 is 0 Å². The van der Waals surface area contributed by atoms with Crippen LogP contribution in [0.15, 0.2) is 46.8 Å². The molecule has 2 N–H and O–H groups in total. The maximum Gasteiger partial charge on any atom is 0.302 e. The lowest BCUT2D eigenvalue weighted by Crippen LogP contribution is -2.37. The molecule has 2 aliphatic rings. The number of hydrogen-bond donors (Lipinski definition) is 2. The summed E-state index contributed by atoms with van der Waals surface area (Å²) in [5, 5.41) is 22.7. The van der Waals surface area contributed by atoms with Crippen LogP contribution in [0.1, 0.15) is 75.5 Å². The van der Waals surface area contributed by atoms with E-state index < -0.39 is 22.6 Å². The third kappa shape index (κ3) is 8.42. The van der Waals surface area contributed by atoms with E-state index in [2.05, 4.69) is 40.7 Å². The van der Waals surface area contributed by atoms with Gasteiger partial charge in [-0.05, 0) is 75.5 Å². The molecule has 0 radical (unpaired) electrons. The quantitative estimate of drug-likeness (QED) is 0.159. The van der Waals surface area contributed by atoms with Crippen molar-refractivity contribution in [2.24, 2.45) is 17.8 Å². The number of aromatic hydroxyl groups is 2. The number of piperidine rings is 2. The number of amides is 2. The number of nitrogens with zero attached hydrogens (tertiary/aromatic N) is 10. The highest BCUT2D eigenvalue weighted by Crippen LogP contribution is 2.34. The van der Waals surface area contributed by atoms with Crippen LogP contribution in [-0.4, -0.2) is 95.9 Å². The minimum atomic E-state index is -0.607. The van der Waals surface area contributed by atoms with Crippen molar-refractivity contribution in [1.29, 1.82) is 0 Å². The second kappa shape index (κ2) is 17.1. The Hall–Kier alpha value is -5.36. The molecule has 2 aliphatic heterocycles. The zero-order valence-corrected chi connectivity index (χ0v) is 35.3. The molecule has 8 rings (SSSR count). The molecule has 0 saturated carbocycles. The number of hydrogen-bond acceptors (Lipinski definition) is 12. The van der Waals surface area contributed by atoms with E-state index in [-0.39, 0.29) is 47.8 Å². The van der Waals surface area contributed by atoms with Crippen LogP contribution in [0.4, 0.5) is 0 Å². The van der Waals surface area contributed by atoms with E-state index in [9.17, 15) is 29.4 Å². The van der Waals surface area contributed by atoms with Crippen molar-refractivity contribution in [3.8, 4) is 32.9 Å². The van der Waals surface area contributed by atoms with Gasteiger partial charge < -0.3 is 29.1 Å². The largest absolute Gasteiger partial charge is 0.501 e. The number of rotatable bonds is 13. The van der Waals surface area contributed by atoms with Gasteiger partial charge in [0.05, 0.1) is 0 Å². The van der Waals surface area contributed by atoms with Crippen molar-refractivity contribution in [2.75, 3.05) is 26.2 Å². The minimum absolute atomic E-state index is 0.0215. The average Bonchev–Trinajstić information content (AvgIpc) is 4.06. The van der Waals surface area contributed by atoms with Gasteiger partial charge in [0.1, 0.15) is 23.1 Å². The summed E-state index contributed by atoms with van der Waals surface area (Å²) in [6.07, 6.45) is 18.5. The first-order valence-corrected chi connectivity index (χ1v) is 22.1. The van der Waals surface area contributed by atoms with Crippen LogP contribution in [0, 0.1) is 17.8 Å². The van der Waals surface area contributed by atoms with Gasteiger partial charge in [0.25, 0.3) is 0 Å². The Morgan fingerprint density at radius 3 is 1.54 bits per heavy atom. The molecule has 59 heavy (non-hydrogen) atoms. The molecule has 312 valence electrons. The van der Waals surface area contributed by atoms with E-state index in [1.54, 1.807) is 33.9 Å². The third-order valence-electron chi connectivity index (χ3n) is 11.8. The van der Waals surface area contributed by atoms with E-state index in [1.807, 2.05) is 9.80 Å². The Morgan fingerprint density at radius 1 is 0.644 bits per heavy atom. The number of aromatic nitrogens is 8. The Bertz CT molecular complexity index is 2610. The highest BCUT2D eigenvalue weighted by molar-refractivity contribution is 7.15. The normalized spacial score (nSPS) is 16.5. The maximum absolute atomic E-state index is 13.2. The van der Waals surface area contributed by atoms with Crippen LogP contribution < -0.4 is 11.1 Å². The van der Waals surface area contributed by atoms with Gasteiger partial charge in [-0.15, -0.1) is 22.7 Å². The smallest absolute Gasteiger partial charge is 0.302 e. The summed E-state index contributed by atoms with van der Waals surface area (Å²) < 4.78 is 5.82. The van der Waals surface area contributed by atoms with Crippen LogP contribution in [-0.2, 0) is 35.5 Å². The van der Waals surface area contributed by atoms with Crippen LogP contribution in [0.25, 0.3) is 33.0 Å². The highest BCUT2D eigenvalue weighted by atomic mass is 32.1. The molecule has 2 saturated heterocycles. The predicted octanol–water partition coefficient (Wildman–Crippen LogP) is 5.07. The SMILES string of the molecule is CC(Cc1cnc(-c2nc3n(CC(=O)N4CCCCC4)ccn3c(=O)c2O)s1)CC(C)C(C)Cc1cnc(-c2nc3n(CC(=O)N4CCCCC4)ccn3c(=O)c2O)s1. The zero-order valence-electron chi connectivity index (χ0n) is 33.6.